The second kappa shape index (κ2) is 2.02. The first kappa shape index (κ1) is 6.28. The van der Waals surface area contributed by atoms with Gasteiger partial charge in [0.05, 0.1) is 10.7 Å². The van der Waals surface area contributed by atoms with E-state index in [1.165, 1.54) is 18.5 Å². The molecule has 1 fully saturated rings. The second-order valence-corrected chi connectivity index (χ2v) is 3.28. The Bertz CT molecular complexity index is 231. The van der Waals surface area contributed by atoms with Crippen molar-refractivity contribution in [3.63, 3.8) is 0 Å². The van der Waals surface area contributed by atoms with Crippen molar-refractivity contribution < 1.29 is 0 Å². The van der Waals surface area contributed by atoms with E-state index in [-0.39, 0.29) is 0 Å². The van der Waals surface area contributed by atoms with Crippen molar-refractivity contribution >= 4 is 12.6 Å². The van der Waals surface area contributed by atoms with Crippen LogP contribution < -0.4 is 0 Å². The van der Waals surface area contributed by atoms with Crippen LogP contribution in [-0.2, 0) is 7.05 Å². The van der Waals surface area contributed by atoms with Gasteiger partial charge in [-0.3, -0.25) is 4.68 Å². The molecule has 1 heterocycles. The van der Waals surface area contributed by atoms with Gasteiger partial charge in [-0.25, -0.2) is 0 Å². The van der Waals surface area contributed by atoms with Crippen LogP contribution in [0.1, 0.15) is 24.5 Å². The molecule has 0 radical (unpaired) electrons. The van der Waals surface area contributed by atoms with Crippen molar-refractivity contribution in [1.82, 2.24) is 9.78 Å². The minimum atomic E-state index is 0.743. The Morgan fingerprint density at radius 3 is 2.80 bits per heavy atom. The highest BCUT2D eigenvalue weighted by atomic mass is 32.1. The van der Waals surface area contributed by atoms with Crippen LogP contribution >= 0.6 is 12.6 Å². The summed E-state index contributed by atoms with van der Waals surface area (Å²) < 4.78 is 1.82. The minimum absolute atomic E-state index is 0.743. The van der Waals surface area contributed by atoms with Gasteiger partial charge in [-0.2, -0.15) is 5.10 Å². The maximum Gasteiger partial charge on any atom is 0.0909 e. The van der Waals surface area contributed by atoms with Crippen molar-refractivity contribution in [2.45, 2.75) is 23.8 Å². The lowest BCUT2D eigenvalue weighted by Crippen LogP contribution is -1.90. The molecule has 2 nitrogen and oxygen atoms in total. The van der Waals surface area contributed by atoms with Gasteiger partial charge in [-0.1, -0.05) is 0 Å². The second-order valence-electron chi connectivity index (χ2n) is 2.83. The van der Waals surface area contributed by atoms with E-state index < -0.39 is 0 Å². The summed E-state index contributed by atoms with van der Waals surface area (Å²) in [6, 6.07) is 2.06. The standard InChI is InChI=1S/C7H10N2S/c1-9-7(10)4-6(8-9)5-2-3-5/h4-5,10H,2-3H2,1H3. The van der Waals surface area contributed by atoms with Gasteiger partial charge in [-0.05, 0) is 18.9 Å². The molecule has 1 saturated carbocycles. The number of hydrogen-bond acceptors (Lipinski definition) is 2. The molecule has 0 aliphatic heterocycles. The molecule has 0 amide bonds. The fourth-order valence-corrected chi connectivity index (χ4v) is 1.23. The van der Waals surface area contributed by atoms with Crippen LogP contribution in [0.3, 0.4) is 0 Å². The Kier molecular flexibility index (Phi) is 1.27. The summed E-state index contributed by atoms with van der Waals surface area (Å²) >= 11 is 4.24. The van der Waals surface area contributed by atoms with Crippen LogP contribution in [0.4, 0.5) is 0 Å². The van der Waals surface area contributed by atoms with Crippen LogP contribution in [0.25, 0.3) is 0 Å². The van der Waals surface area contributed by atoms with E-state index in [4.69, 9.17) is 0 Å². The fourth-order valence-electron chi connectivity index (χ4n) is 1.06. The molecule has 0 bridgehead atoms. The highest BCUT2D eigenvalue weighted by Gasteiger charge is 2.26. The maximum absolute atomic E-state index is 4.31. The van der Waals surface area contributed by atoms with Crippen LogP contribution in [0.15, 0.2) is 11.1 Å². The number of rotatable bonds is 1. The third-order valence-corrected chi connectivity index (χ3v) is 2.29. The lowest BCUT2D eigenvalue weighted by Gasteiger charge is -1.88. The molecular formula is C7H10N2S. The zero-order valence-electron chi connectivity index (χ0n) is 5.91. The molecule has 1 aromatic heterocycles. The minimum Gasteiger partial charge on any atom is -0.262 e. The molecule has 0 saturated heterocycles. The van der Waals surface area contributed by atoms with Gasteiger partial charge >= 0.3 is 0 Å². The molecule has 0 N–H and O–H groups in total. The molecule has 0 spiro atoms. The van der Waals surface area contributed by atoms with E-state index in [0.29, 0.717) is 0 Å². The smallest absolute Gasteiger partial charge is 0.0909 e. The monoisotopic (exact) mass is 154 g/mol. The normalized spacial score (nSPS) is 17.8. The summed E-state index contributed by atoms with van der Waals surface area (Å²) in [6.45, 7) is 0. The highest BCUT2D eigenvalue weighted by Crippen LogP contribution is 2.39. The molecule has 10 heavy (non-hydrogen) atoms. The Balaban J connectivity index is 2.34. The average molecular weight is 154 g/mol. The molecular weight excluding hydrogens is 144 g/mol. The Hall–Kier alpha value is -0.440. The lowest BCUT2D eigenvalue weighted by molar-refractivity contribution is 0.687. The number of nitrogens with zero attached hydrogens (tertiary/aromatic N) is 2. The van der Waals surface area contributed by atoms with Crippen molar-refractivity contribution in [3.8, 4) is 0 Å². The van der Waals surface area contributed by atoms with Crippen LogP contribution in [0.2, 0.25) is 0 Å². The Morgan fingerprint density at radius 1 is 1.70 bits per heavy atom. The topological polar surface area (TPSA) is 17.8 Å². The van der Waals surface area contributed by atoms with Gasteiger partial charge < -0.3 is 0 Å². The molecule has 1 aliphatic rings. The van der Waals surface area contributed by atoms with Crippen LogP contribution in [0.5, 0.6) is 0 Å². The summed E-state index contributed by atoms with van der Waals surface area (Å²) in [5, 5.41) is 5.27. The van der Waals surface area contributed by atoms with E-state index in [1.54, 1.807) is 0 Å². The first-order valence-corrected chi connectivity index (χ1v) is 3.95. The van der Waals surface area contributed by atoms with Crippen molar-refractivity contribution in [2.24, 2.45) is 7.05 Å². The van der Waals surface area contributed by atoms with E-state index in [2.05, 4.69) is 23.8 Å². The molecule has 2 rings (SSSR count). The number of aromatic nitrogens is 2. The molecule has 0 aromatic carbocycles. The predicted molar refractivity (Wildman–Crippen MR) is 42.4 cm³/mol. The largest absolute Gasteiger partial charge is 0.262 e. The lowest BCUT2D eigenvalue weighted by atomic mass is 10.3. The Labute approximate surface area is 65.6 Å². The maximum atomic E-state index is 4.31. The molecule has 54 valence electrons. The van der Waals surface area contributed by atoms with Crippen molar-refractivity contribution in [2.75, 3.05) is 0 Å². The molecule has 0 unspecified atom stereocenters. The van der Waals surface area contributed by atoms with Gasteiger partial charge in [0, 0.05) is 13.0 Å². The summed E-state index contributed by atoms with van der Waals surface area (Å²) in [7, 11) is 1.92. The predicted octanol–water partition coefficient (Wildman–Crippen LogP) is 1.59. The third-order valence-electron chi connectivity index (χ3n) is 1.87. The van der Waals surface area contributed by atoms with Gasteiger partial charge in [-0.15, -0.1) is 12.6 Å². The number of thiol groups is 1. The molecule has 1 aliphatic carbocycles. The first-order chi connectivity index (χ1) is 4.77. The number of aryl methyl sites for hydroxylation is 1. The summed E-state index contributed by atoms with van der Waals surface area (Å²) in [5.74, 6) is 0.743. The molecule has 0 atom stereocenters. The quantitative estimate of drug-likeness (QED) is 0.608. The van der Waals surface area contributed by atoms with Gasteiger partial charge in [0.25, 0.3) is 0 Å². The van der Waals surface area contributed by atoms with Gasteiger partial charge in [0.1, 0.15) is 0 Å². The summed E-state index contributed by atoms with van der Waals surface area (Å²) in [6.07, 6.45) is 2.62. The van der Waals surface area contributed by atoms with E-state index in [0.717, 1.165) is 10.9 Å². The SMILES string of the molecule is Cn1nc(C2CC2)cc1S. The van der Waals surface area contributed by atoms with E-state index in [9.17, 15) is 0 Å². The molecule has 3 heteroatoms. The highest BCUT2D eigenvalue weighted by molar-refractivity contribution is 7.80. The zero-order valence-corrected chi connectivity index (χ0v) is 6.80. The first-order valence-electron chi connectivity index (χ1n) is 3.50. The summed E-state index contributed by atoms with van der Waals surface area (Å²) in [5.41, 5.74) is 1.22. The van der Waals surface area contributed by atoms with E-state index >= 15 is 0 Å². The number of hydrogen-bond donors (Lipinski definition) is 1. The van der Waals surface area contributed by atoms with Gasteiger partial charge in [0.15, 0.2) is 0 Å². The Morgan fingerprint density at radius 2 is 2.40 bits per heavy atom. The third kappa shape index (κ3) is 0.944. The average Bonchev–Trinajstić information content (AvgIpc) is 2.64. The van der Waals surface area contributed by atoms with Crippen molar-refractivity contribution in [1.29, 1.82) is 0 Å². The molecule has 1 aromatic rings. The summed E-state index contributed by atoms with van der Waals surface area (Å²) in [4.78, 5) is 0. The van der Waals surface area contributed by atoms with Crippen LogP contribution in [0, 0.1) is 0 Å². The van der Waals surface area contributed by atoms with Crippen LogP contribution in [-0.4, -0.2) is 9.78 Å². The van der Waals surface area contributed by atoms with E-state index in [1.807, 2.05) is 11.7 Å². The zero-order chi connectivity index (χ0) is 7.14. The van der Waals surface area contributed by atoms with Gasteiger partial charge in [0.2, 0.25) is 0 Å². The fraction of sp³-hybridized carbons (Fsp3) is 0.571. The van der Waals surface area contributed by atoms with Crippen molar-refractivity contribution in [3.05, 3.63) is 11.8 Å².